The largest absolute Gasteiger partial charge is 0.337 e. The van der Waals surface area contributed by atoms with Gasteiger partial charge in [0.15, 0.2) is 0 Å². The van der Waals surface area contributed by atoms with Gasteiger partial charge in [-0.1, -0.05) is 44.2 Å². The smallest absolute Gasteiger partial charge is 0.222 e. The first-order valence-corrected chi connectivity index (χ1v) is 9.97. The van der Waals surface area contributed by atoms with E-state index in [2.05, 4.69) is 53.2 Å². The normalized spacial score (nSPS) is 14.3. The maximum absolute atomic E-state index is 12.9. The molecule has 2 rings (SSSR count). The summed E-state index contributed by atoms with van der Waals surface area (Å²) in [7, 11) is 0. The minimum absolute atomic E-state index is 0. The Bertz CT molecular complexity index is 491. The van der Waals surface area contributed by atoms with E-state index >= 15 is 0 Å². The number of hydrogen-bond acceptors (Lipinski definition) is 3. The summed E-state index contributed by atoms with van der Waals surface area (Å²) in [6.45, 7) is 11.2. The third-order valence-electron chi connectivity index (χ3n) is 5.37. The number of nitrogens with zero attached hydrogens (tertiary/aromatic N) is 2. The average Bonchev–Trinajstić information content (AvgIpc) is 2.67. The van der Waals surface area contributed by atoms with Crippen molar-refractivity contribution in [1.29, 1.82) is 0 Å². The van der Waals surface area contributed by atoms with E-state index in [0.29, 0.717) is 18.2 Å². The number of rotatable bonds is 10. The molecule has 0 saturated carbocycles. The van der Waals surface area contributed by atoms with Gasteiger partial charge in [-0.25, -0.2) is 0 Å². The first-order chi connectivity index (χ1) is 12.2. The molecule has 0 atom stereocenters. The highest BCUT2D eigenvalue weighted by molar-refractivity contribution is 5.85. The fourth-order valence-electron chi connectivity index (χ4n) is 3.55. The minimum Gasteiger partial charge on any atom is -0.337 e. The molecule has 0 unspecified atom stereocenters. The van der Waals surface area contributed by atoms with Crippen molar-refractivity contribution in [2.75, 3.05) is 39.3 Å². The van der Waals surface area contributed by atoms with Crippen LogP contribution in [-0.4, -0.2) is 55.0 Å². The second-order valence-corrected chi connectivity index (χ2v) is 7.06. The molecule has 0 aromatic heterocycles. The third kappa shape index (κ3) is 9.79. The molecule has 1 fully saturated rings. The molecule has 0 bridgehead atoms. The van der Waals surface area contributed by atoms with Crippen molar-refractivity contribution in [2.24, 2.45) is 5.92 Å². The summed E-state index contributed by atoms with van der Waals surface area (Å²) in [5.74, 6) is 1.03. The second-order valence-electron chi connectivity index (χ2n) is 7.06. The predicted molar refractivity (Wildman–Crippen MR) is 119 cm³/mol. The number of nitrogens with one attached hydrogen (secondary N) is 1. The van der Waals surface area contributed by atoms with Crippen LogP contribution in [-0.2, 0) is 11.3 Å². The average molecular weight is 418 g/mol. The zero-order valence-electron chi connectivity index (χ0n) is 16.9. The lowest BCUT2D eigenvalue weighted by atomic mass is 9.93. The van der Waals surface area contributed by atoms with Gasteiger partial charge < -0.3 is 15.1 Å². The van der Waals surface area contributed by atoms with Crippen LogP contribution in [0.4, 0.5) is 0 Å². The summed E-state index contributed by atoms with van der Waals surface area (Å²) in [4.78, 5) is 17.3. The van der Waals surface area contributed by atoms with E-state index in [1.807, 2.05) is 6.07 Å². The first kappa shape index (κ1) is 26.2. The molecule has 0 spiro atoms. The minimum atomic E-state index is 0. The molecule has 1 aromatic carbocycles. The van der Waals surface area contributed by atoms with Gasteiger partial charge in [-0.05, 0) is 56.9 Å². The van der Waals surface area contributed by atoms with Gasteiger partial charge >= 0.3 is 0 Å². The lowest BCUT2D eigenvalue weighted by Gasteiger charge is -2.28. The van der Waals surface area contributed by atoms with Crippen molar-refractivity contribution in [1.82, 2.24) is 15.1 Å². The highest BCUT2D eigenvalue weighted by atomic mass is 35.5. The molecule has 1 aliphatic heterocycles. The zero-order valence-corrected chi connectivity index (χ0v) is 18.5. The summed E-state index contributed by atoms with van der Waals surface area (Å²) >= 11 is 0. The van der Waals surface area contributed by atoms with Crippen molar-refractivity contribution >= 4 is 30.7 Å². The van der Waals surface area contributed by atoms with E-state index < -0.39 is 0 Å². The monoisotopic (exact) mass is 417 g/mol. The topological polar surface area (TPSA) is 35.6 Å². The summed E-state index contributed by atoms with van der Waals surface area (Å²) in [6, 6.07) is 10.4. The molecule has 1 heterocycles. The van der Waals surface area contributed by atoms with Gasteiger partial charge in [0.05, 0.1) is 0 Å². The number of carbonyl (C=O) groups excluding carboxylic acids is 1. The predicted octanol–water partition coefficient (Wildman–Crippen LogP) is 3.98. The van der Waals surface area contributed by atoms with E-state index in [4.69, 9.17) is 0 Å². The molecule has 1 N–H and O–H groups in total. The van der Waals surface area contributed by atoms with Crippen molar-refractivity contribution in [3.8, 4) is 0 Å². The lowest BCUT2D eigenvalue weighted by molar-refractivity contribution is -0.132. The Morgan fingerprint density at radius 1 is 1.04 bits per heavy atom. The summed E-state index contributed by atoms with van der Waals surface area (Å²) in [6.07, 6.45) is 4.16. The van der Waals surface area contributed by atoms with Gasteiger partial charge in [-0.3, -0.25) is 4.79 Å². The number of piperidine rings is 1. The van der Waals surface area contributed by atoms with E-state index in [9.17, 15) is 4.79 Å². The van der Waals surface area contributed by atoms with Crippen LogP contribution >= 0.6 is 24.8 Å². The van der Waals surface area contributed by atoms with Gasteiger partial charge in [0.25, 0.3) is 0 Å². The Hall–Kier alpha value is -0.810. The number of hydrogen-bond donors (Lipinski definition) is 1. The molecule has 1 aromatic rings. The van der Waals surface area contributed by atoms with E-state index in [-0.39, 0.29) is 24.8 Å². The summed E-state index contributed by atoms with van der Waals surface area (Å²) in [5, 5.41) is 3.40. The molecule has 0 radical (unpaired) electrons. The molecule has 1 aliphatic rings. The maximum atomic E-state index is 12.9. The Morgan fingerprint density at radius 3 is 2.26 bits per heavy atom. The van der Waals surface area contributed by atoms with E-state index in [1.165, 1.54) is 18.4 Å². The Morgan fingerprint density at radius 2 is 1.67 bits per heavy atom. The summed E-state index contributed by atoms with van der Waals surface area (Å²) in [5.41, 5.74) is 1.22. The van der Waals surface area contributed by atoms with Crippen molar-refractivity contribution in [3.05, 3.63) is 35.9 Å². The van der Waals surface area contributed by atoms with Gasteiger partial charge in [-0.2, -0.15) is 0 Å². The lowest BCUT2D eigenvalue weighted by Crippen LogP contribution is -2.38. The Balaban J connectivity index is 0.00000338. The summed E-state index contributed by atoms with van der Waals surface area (Å²) < 4.78 is 0. The molecule has 156 valence electrons. The second kappa shape index (κ2) is 15.2. The molecule has 0 aliphatic carbocycles. The molecular weight excluding hydrogens is 381 g/mol. The first-order valence-electron chi connectivity index (χ1n) is 9.97. The van der Waals surface area contributed by atoms with Gasteiger partial charge in [0.2, 0.25) is 5.91 Å². The molecular formula is C21H37Cl2N3O. The number of carbonyl (C=O) groups is 1. The molecule has 27 heavy (non-hydrogen) atoms. The number of amides is 1. The number of halogens is 2. The standard InChI is InChI=1S/C21H35N3O.2ClH/c1-3-23(4-2)16-17-24(18-20-8-6-5-7-9-20)21(25)11-10-19-12-14-22-15-13-19;;/h5-9,19,22H,3-4,10-18H2,1-2H3;2*1H. The SMILES string of the molecule is CCN(CC)CCN(Cc1ccccc1)C(=O)CCC1CCNCC1.Cl.Cl. The van der Waals surface area contributed by atoms with Gasteiger partial charge in [-0.15, -0.1) is 24.8 Å². The Labute approximate surface area is 177 Å². The number of benzene rings is 1. The fraction of sp³-hybridized carbons (Fsp3) is 0.667. The third-order valence-corrected chi connectivity index (χ3v) is 5.37. The van der Waals surface area contributed by atoms with Crippen LogP contribution in [0, 0.1) is 5.92 Å². The van der Waals surface area contributed by atoms with Crippen LogP contribution in [0.1, 0.15) is 45.1 Å². The maximum Gasteiger partial charge on any atom is 0.222 e. The fourth-order valence-corrected chi connectivity index (χ4v) is 3.55. The van der Waals surface area contributed by atoms with Crippen LogP contribution in [0.15, 0.2) is 30.3 Å². The van der Waals surface area contributed by atoms with Crippen LogP contribution < -0.4 is 5.32 Å². The van der Waals surface area contributed by atoms with Crippen LogP contribution in [0.3, 0.4) is 0 Å². The molecule has 1 saturated heterocycles. The molecule has 6 heteroatoms. The van der Waals surface area contributed by atoms with Crippen molar-refractivity contribution in [2.45, 2.75) is 46.1 Å². The van der Waals surface area contributed by atoms with Crippen LogP contribution in [0.5, 0.6) is 0 Å². The van der Waals surface area contributed by atoms with Gasteiger partial charge in [0, 0.05) is 26.1 Å². The van der Waals surface area contributed by atoms with Crippen LogP contribution in [0.25, 0.3) is 0 Å². The van der Waals surface area contributed by atoms with Crippen LogP contribution in [0.2, 0.25) is 0 Å². The van der Waals surface area contributed by atoms with Crippen molar-refractivity contribution < 1.29 is 4.79 Å². The zero-order chi connectivity index (χ0) is 17.9. The Kier molecular flexibility index (Phi) is 14.7. The van der Waals surface area contributed by atoms with E-state index in [0.717, 1.165) is 52.2 Å². The highest BCUT2D eigenvalue weighted by Crippen LogP contribution is 2.19. The molecule has 4 nitrogen and oxygen atoms in total. The van der Waals surface area contributed by atoms with Gasteiger partial charge in [0.1, 0.15) is 0 Å². The highest BCUT2D eigenvalue weighted by Gasteiger charge is 2.19. The number of likely N-dealkylation sites (N-methyl/N-ethyl adjacent to an activating group) is 1. The molecule has 1 amide bonds. The quantitative estimate of drug-likeness (QED) is 0.624. The van der Waals surface area contributed by atoms with E-state index in [1.54, 1.807) is 0 Å². The van der Waals surface area contributed by atoms with Crippen molar-refractivity contribution in [3.63, 3.8) is 0 Å².